The molecule has 0 aliphatic heterocycles. The van der Waals surface area contributed by atoms with Crippen molar-refractivity contribution in [2.24, 2.45) is 5.92 Å². The highest BCUT2D eigenvalue weighted by Gasteiger charge is 2.34. The molecule has 150 valence electrons. The van der Waals surface area contributed by atoms with Crippen molar-refractivity contribution in [2.75, 3.05) is 24.3 Å². The lowest BCUT2D eigenvalue weighted by Gasteiger charge is -2.28. The number of carbonyl (C=O) groups is 2. The van der Waals surface area contributed by atoms with Crippen LogP contribution in [0, 0.1) is 5.92 Å². The summed E-state index contributed by atoms with van der Waals surface area (Å²) in [6, 6.07) is 5.97. The van der Waals surface area contributed by atoms with Gasteiger partial charge in [0.2, 0.25) is 5.91 Å². The number of carbonyl (C=O) groups excluding carboxylic acids is 2. The van der Waals surface area contributed by atoms with Gasteiger partial charge in [0, 0.05) is 49.5 Å². The lowest BCUT2D eigenvalue weighted by Crippen LogP contribution is -2.43. The van der Waals surface area contributed by atoms with E-state index in [9.17, 15) is 9.59 Å². The van der Waals surface area contributed by atoms with Crippen LogP contribution in [0.3, 0.4) is 0 Å². The van der Waals surface area contributed by atoms with Crippen molar-refractivity contribution < 1.29 is 9.59 Å². The molecular formula is C21H34N4O2. The Balaban J connectivity index is 2.24. The predicted octanol–water partition coefficient (Wildman–Crippen LogP) is 3.82. The van der Waals surface area contributed by atoms with Gasteiger partial charge in [-0.1, -0.05) is 13.8 Å². The number of urea groups is 1. The Labute approximate surface area is 163 Å². The zero-order valence-corrected chi connectivity index (χ0v) is 17.7. The molecule has 6 heteroatoms. The van der Waals surface area contributed by atoms with E-state index in [1.165, 1.54) is 0 Å². The van der Waals surface area contributed by atoms with Crippen LogP contribution in [0.25, 0.3) is 0 Å². The van der Waals surface area contributed by atoms with Crippen LogP contribution in [0.15, 0.2) is 18.2 Å². The van der Waals surface area contributed by atoms with Crippen LogP contribution in [0.4, 0.5) is 16.2 Å². The molecule has 2 rings (SSSR count). The predicted molar refractivity (Wildman–Crippen MR) is 111 cm³/mol. The van der Waals surface area contributed by atoms with Gasteiger partial charge in [-0.3, -0.25) is 4.79 Å². The van der Waals surface area contributed by atoms with E-state index in [-0.39, 0.29) is 23.4 Å². The zero-order chi connectivity index (χ0) is 20.4. The molecule has 0 unspecified atom stereocenters. The van der Waals surface area contributed by atoms with Crippen molar-refractivity contribution in [3.05, 3.63) is 23.8 Å². The van der Waals surface area contributed by atoms with Crippen molar-refractivity contribution in [2.45, 2.75) is 65.6 Å². The maximum atomic E-state index is 12.7. The summed E-state index contributed by atoms with van der Waals surface area (Å²) in [5, 5.41) is 5.80. The van der Waals surface area contributed by atoms with Gasteiger partial charge in [-0.15, -0.1) is 0 Å². The van der Waals surface area contributed by atoms with E-state index >= 15 is 0 Å². The molecule has 0 atom stereocenters. The molecule has 6 nitrogen and oxygen atoms in total. The van der Waals surface area contributed by atoms with E-state index < -0.39 is 0 Å². The van der Waals surface area contributed by atoms with Gasteiger partial charge in [0.25, 0.3) is 0 Å². The molecular weight excluding hydrogens is 340 g/mol. The van der Waals surface area contributed by atoms with E-state index in [4.69, 9.17) is 0 Å². The van der Waals surface area contributed by atoms with Crippen molar-refractivity contribution in [3.63, 3.8) is 0 Å². The largest absolute Gasteiger partial charge is 0.377 e. The lowest BCUT2D eigenvalue weighted by molar-refractivity contribution is -0.135. The van der Waals surface area contributed by atoms with Crippen molar-refractivity contribution in [1.82, 2.24) is 10.2 Å². The fourth-order valence-corrected chi connectivity index (χ4v) is 3.02. The minimum Gasteiger partial charge on any atom is -0.377 e. The van der Waals surface area contributed by atoms with Gasteiger partial charge in [-0.25, -0.2) is 4.79 Å². The van der Waals surface area contributed by atoms with Crippen LogP contribution >= 0.6 is 0 Å². The average molecular weight is 375 g/mol. The molecule has 1 aromatic carbocycles. The van der Waals surface area contributed by atoms with E-state index in [0.29, 0.717) is 12.6 Å². The summed E-state index contributed by atoms with van der Waals surface area (Å²) in [4.78, 5) is 28.9. The van der Waals surface area contributed by atoms with Gasteiger partial charge in [0.05, 0.1) is 0 Å². The Hall–Kier alpha value is -2.24. The van der Waals surface area contributed by atoms with Gasteiger partial charge in [-0.05, 0) is 57.4 Å². The standard InChI is InChI=1S/C21H34N4O2/c1-14(2)19(26)25(17-9-10-17)13-15-12-16(8-11-18(15)24(6)7)22-20(27)23-21(3,4)5/h8,11-12,14,17H,9-10,13H2,1-7H3,(H2,22,23,27). The molecule has 0 bridgehead atoms. The second kappa shape index (κ2) is 8.19. The Bertz CT molecular complexity index is 688. The molecule has 1 fully saturated rings. The summed E-state index contributed by atoms with van der Waals surface area (Å²) in [7, 11) is 3.98. The van der Waals surface area contributed by atoms with Crippen LogP contribution in [-0.2, 0) is 11.3 Å². The Morgan fingerprint density at radius 1 is 1.19 bits per heavy atom. The highest BCUT2D eigenvalue weighted by molar-refractivity contribution is 5.90. The molecule has 0 aromatic heterocycles. The lowest BCUT2D eigenvalue weighted by atomic mass is 10.1. The van der Waals surface area contributed by atoms with Gasteiger partial charge < -0.3 is 20.4 Å². The number of anilines is 2. The van der Waals surface area contributed by atoms with Gasteiger partial charge in [0.15, 0.2) is 0 Å². The number of nitrogens with zero attached hydrogens (tertiary/aromatic N) is 2. The second-order valence-electron chi connectivity index (χ2n) is 8.92. The second-order valence-corrected chi connectivity index (χ2v) is 8.92. The first-order valence-corrected chi connectivity index (χ1v) is 9.68. The maximum Gasteiger partial charge on any atom is 0.319 e. The molecule has 1 aliphatic carbocycles. The summed E-state index contributed by atoms with van der Waals surface area (Å²) in [6.45, 7) is 10.3. The molecule has 0 radical (unpaired) electrons. The molecule has 1 aromatic rings. The Morgan fingerprint density at radius 3 is 2.30 bits per heavy atom. The third-order valence-corrected chi connectivity index (χ3v) is 4.41. The molecule has 3 amide bonds. The summed E-state index contributed by atoms with van der Waals surface area (Å²) >= 11 is 0. The van der Waals surface area contributed by atoms with Crippen molar-refractivity contribution in [1.29, 1.82) is 0 Å². The van der Waals surface area contributed by atoms with E-state index in [0.717, 1.165) is 29.8 Å². The minimum atomic E-state index is -0.303. The average Bonchev–Trinajstić information content (AvgIpc) is 3.34. The van der Waals surface area contributed by atoms with Crippen LogP contribution < -0.4 is 15.5 Å². The molecule has 2 N–H and O–H groups in total. The summed E-state index contributed by atoms with van der Waals surface area (Å²) in [6.07, 6.45) is 2.14. The minimum absolute atomic E-state index is 0.0210. The van der Waals surface area contributed by atoms with Gasteiger partial charge in [-0.2, -0.15) is 0 Å². The molecule has 1 aliphatic rings. The first-order valence-electron chi connectivity index (χ1n) is 9.68. The Morgan fingerprint density at radius 2 is 1.81 bits per heavy atom. The van der Waals surface area contributed by atoms with Gasteiger partial charge in [0.1, 0.15) is 0 Å². The van der Waals surface area contributed by atoms with Crippen LogP contribution in [0.5, 0.6) is 0 Å². The number of hydrogen-bond acceptors (Lipinski definition) is 3. The summed E-state index contributed by atoms with van der Waals surface area (Å²) < 4.78 is 0. The quantitative estimate of drug-likeness (QED) is 0.796. The number of amides is 3. The van der Waals surface area contributed by atoms with E-state index in [2.05, 4.69) is 10.6 Å². The highest BCUT2D eigenvalue weighted by Crippen LogP contribution is 2.32. The van der Waals surface area contributed by atoms with E-state index in [1.807, 2.05) is 76.7 Å². The van der Waals surface area contributed by atoms with Crippen LogP contribution in [0.2, 0.25) is 0 Å². The normalized spacial score (nSPS) is 14.1. The molecule has 0 saturated heterocycles. The number of hydrogen-bond donors (Lipinski definition) is 2. The SMILES string of the molecule is CC(C)C(=O)N(Cc1cc(NC(=O)NC(C)(C)C)ccc1N(C)C)C1CC1. The number of rotatable bonds is 6. The van der Waals surface area contributed by atoms with Crippen molar-refractivity contribution in [3.8, 4) is 0 Å². The smallest absolute Gasteiger partial charge is 0.319 e. The van der Waals surface area contributed by atoms with Crippen molar-refractivity contribution >= 4 is 23.3 Å². The monoisotopic (exact) mass is 374 g/mol. The third-order valence-electron chi connectivity index (χ3n) is 4.41. The highest BCUT2D eigenvalue weighted by atomic mass is 16.2. The molecule has 27 heavy (non-hydrogen) atoms. The van der Waals surface area contributed by atoms with Crippen LogP contribution in [0.1, 0.15) is 53.0 Å². The fourth-order valence-electron chi connectivity index (χ4n) is 3.02. The number of nitrogens with one attached hydrogen (secondary N) is 2. The molecule has 0 spiro atoms. The van der Waals surface area contributed by atoms with Gasteiger partial charge >= 0.3 is 6.03 Å². The molecule has 0 heterocycles. The summed E-state index contributed by atoms with van der Waals surface area (Å²) in [5.41, 5.74) is 2.52. The Kier molecular flexibility index (Phi) is 6.39. The maximum absolute atomic E-state index is 12.7. The first kappa shape index (κ1) is 21.1. The fraction of sp³-hybridized carbons (Fsp3) is 0.619. The third kappa shape index (κ3) is 6.15. The van der Waals surface area contributed by atoms with E-state index in [1.54, 1.807) is 0 Å². The molecule has 1 saturated carbocycles. The topological polar surface area (TPSA) is 64.7 Å². The number of benzene rings is 1. The van der Waals surface area contributed by atoms with Crippen LogP contribution in [-0.4, -0.2) is 42.5 Å². The first-order chi connectivity index (χ1) is 12.5. The summed E-state index contributed by atoms with van der Waals surface area (Å²) in [5.74, 6) is 0.165. The zero-order valence-electron chi connectivity index (χ0n) is 17.7.